The van der Waals surface area contributed by atoms with Crippen molar-refractivity contribution in [1.82, 2.24) is 19.6 Å². The van der Waals surface area contributed by atoms with Gasteiger partial charge in [0.05, 0.1) is 0 Å². The van der Waals surface area contributed by atoms with Gasteiger partial charge in [0.1, 0.15) is 0 Å². The van der Waals surface area contributed by atoms with Crippen molar-refractivity contribution in [3.05, 3.63) is 73.4 Å². The fourth-order valence-electron chi connectivity index (χ4n) is 4.28. The number of rotatable bonds is 7. The Morgan fingerprint density at radius 2 is 1.49 bits per heavy atom. The molecule has 1 heterocycles. The fourth-order valence-corrected chi connectivity index (χ4v) is 10.9. The molecule has 1 saturated heterocycles. The van der Waals surface area contributed by atoms with Crippen LogP contribution in [-0.4, -0.2) is 97.4 Å². The van der Waals surface area contributed by atoms with Crippen LogP contribution in [0.15, 0.2) is 59.9 Å². The first-order chi connectivity index (χ1) is 23.3. The van der Waals surface area contributed by atoms with Crippen molar-refractivity contribution in [1.29, 1.82) is 0 Å². The van der Waals surface area contributed by atoms with Crippen molar-refractivity contribution in [2.75, 3.05) is 34.5 Å². The van der Waals surface area contributed by atoms with E-state index >= 15 is 4.39 Å². The number of benzene rings is 2. The molecule has 3 rings (SSSR count). The van der Waals surface area contributed by atoms with Gasteiger partial charge in [0.15, 0.2) is 0 Å². The third-order valence-electron chi connectivity index (χ3n) is 6.56. The number of hydrogen-bond donors (Lipinski definition) is 0. The Bertz CT molecular complexity index is 1730. The van der Waals surface area contributed by atoms with Gasteiger partial charge in [-0.1, -0.05) is 0 Å². The number of amides is 2. The van der Waals surface area contributed by atoms with Crippen molar-refractivity contribution in [2.24, 2.45) is 4.99 Å². The van der Waals surface area contributed by atoms with E-state index < -0.39 is 75.2 Å². The second-order valence-corrected chi connectivity index (χ2v) is 19.6. The van der Waals surface area contributed by atoms with E-state index in [1.165, 1.54) is 37.4 Å². The molecule has 1 aliphatic heterocycles. The van der Waals surface area contributed by atoms with Gasteiger partial charge in [0.2, 0.25) is 0 Å². The number of methoxy groups -OCH3 is 1. The molecule has 0 bridgehead atoms. The van der Waals surface area contributed by atoms with E-state index in [4.69, 9.17) is 16.7 Å². The van der Waals surface area contributed by atoms with Crippen LogP contribution in [0.2, 0.25) is 0 Å². The summed E-state index contributed by atoms with van der Waals surface area (Å²) >= 11 is -4.26. The zero-order valence-corrected chi connectivity index (χ0v) is 32.6. The van der Waals surface area contributed by atoms with Crippen LogP contribution in [0, 0.1) is 13.0 Å². The summed E-state index contributed by atoms with van der Waals surface area (Å²) in [5.41, 5.74) is -7.68. The van der Waals surface area contributed by atoms with E-state index in [0.717, 1.165) is 17.0 Å². The van der Waals surface area contributed by atoms with Gasteiger partial charge in [0.25, 0.3) is 0 Å². The summed E-state index contributed by atoms with van der Waals surface area (Å²) < 4.78 is 101. The van der Waals surface area contributed by atoms with Crippen LogP contribution in [0.3, 0.4) is 0 Å². The number of aliphatic imine (C=N–C) groups is 1. The molecule has 0 radical (unpaired) electrons. The number of carbonyl (C=O) groups excluding carboxylic acids is 2. The van der Waals surface area contributed by atoms with Gasteiger partial charge in [-0.15, -0.1) is 0 Å². The Morgan fingerprint density at radius 3 is 1.98 bits per heavy atom. The monoisotopic (exact) mass is 859 g/mol. The summed E-state index contributed by atoms with van der Waals surface area (Å²) in [6, 6.07) is 8.61. The van der Waals surface area contributed by atoms with E-state index in [1.54, 1.807) is 70.3 Å². The minimum atomic E-state index is -6.17. The van der Waals surface area contributed by atoms with Crippen LogP contribution in [0.1, 0.15) is 47.1 Å². The Labute approximate surface area is 302 Å². The third-order valence-corrected chi connectivity index (χ3v) is 13.6. The number of hydrogen-bond acceptors (Lipinski definition) is 10. The summed E-state index contributed by atoms with van der Waals surface area (Å²) in [5, 5.41) is 0. The van der Waals surface area contributed by atoms with Gasteiger partial charge >= 0.3 is 304 Å². The molecule has 0 spiro atoms. The number of ether oxygens (including phenoxy) is 3. The Morgan fingerprint density at radius 1 is 0.941 bits per heavy atom. The molecule has 2 amide bonds. The fraction of sp³-hybridized carbons (Fsp3) is 0.469. The Kier molecular flexibility index (Phi) is 12.9. The number of halogens is 5. The van der Waals surface area contributed by atoms with Crippen molar-refractivity contribution in [3.63, 3.8) is 0 Å². The summed E-state index contributed by atoms with van der Waals surface area (Å²) in [4.78, 5) is 37.2. The molecule has 51 heavy (non-hydrogen) atoms. The molecule has 2 aromatic carbocycles. The van der Waals surface area contributed by atoms with Gasteiger partial charge in [-0.3, -0.25) is 0 Å². The van der Waals surface area contributed by atoms with Crippen LogP contribution in [-0.2, 0) is 28.6 Å². The van der Waals surface area contributed by atoms with Gasteiger partial charge in [-0.2, -0.15) is 0 Å². The number of guanidine groups is 1. The molecule has 2 aromatic rings. The molecule has 0 saturated carbocycles. The zero-order valence-electron chi connectivity index (χ0n) is 29.7. The standard InChI is InChI=1S/C32H42F4IN5O8S/c1-21-39(8)19-41(20-40(21)9)27(38-28(43)48-30(2,3)4)42(29(44)49-31(5,6)7)18-22-11-16-25(33)26(17-22)37(50-51(45,46)32(34,35)36)23-12-14-24(47-10)15-13-23/h11-17H,1,18-20H2,2-10H3. The van der Waals surface area contributed by atoms with E-state index in [9.17, 15) is 31.2 Å². The average molecular weight is 860 g/mol. The first-order valence-corrected chi connectivity index (χ1v) is 19.6. The summed E-state index contributed by atoms with van der Waals surface area (Å²) in [6.45, 7) is 13.4. The van der Waals surface area contributed by atoms with Crippen LogP contribution in [0.5, 0.6) is 5.75 Å². The van der Waals surface area contributed by atoms with Crippen LogP contribution in [0.25, 0.3) is 0 Å². The van der Waals surface area contributed by atoms with Crippen LogP contribution in [0.4, 0.5) is 27.2 Å². The topological polar surface area (TPSA) is 131 Å². The summed E-state index contributed by atoms with van der Waals surface area (Å²) in [6.07, 6.45) is -2.02. The van der Waals surface area contributed by atoms with Crippen molar-refractivity contribution in [2.45, 2.75) is 64.8 Å². The van der Waals surface area contributed by atoms with Crippen LogP contribution < -0.4 is 4.74 Å². The SMILES string of the molecule is C=C1N(C)CN(C(=NC(=O)OC(C)(C)C)N(Cc2ccc(F)c(I(OS(=O)(=O)C(F)(F)F)c3ccc(OC)cc3)c2)C(=O)OC(C)(C)C)CN1C. The zero-order chi connectivity index (χ0) is 38.7. The first kappa shape index (κ1) is 41.6. The van der Waals surface area contributed by atoms with E-state index in [2.05, 4.69) is 11.6 Å². The average Bonchev–Trinajstić information content (AvgIpc) is 2.98. The Balaban J connectivity index is 2.23. The molecule has 19 heteroatoms. The first-order valence-electron chi connectivity index (χ1n) is 15.1. The molecule has 1 aliphatic rings. The molecule has 0 N–H and O–H groups in total. The number of carbonyl (C=O) groups is 2. The molecule has 284 valence electrons. The predicted molar refractivity (Wildman–Crippen MR) is 189 cm³/mol. The molecule has 0 aliphatic carbocycles. The summed E-state index contributed by atoms with van der Waals surface area (Å²) in [5.74, 6) is -0.331. The minimum absolute atomic E-state index is 0.000305. The second kappa shape index (κ2) is 15.8. The van der Waals surface area contributed by atoms with Gasteiger partial charge in [0, 0.05) is 0 Å². The summed E-state index contributed by atoms with van der Waals surface area (Å²) in [7, 11) is -1.38. The predicted octanol–water partition coefficient (Wildman–Crippen LogP) is 6.75. The van der Waals surface area contributed by atoms with Gasteiger partial charge < -0.3 is 0 Å². The maximum absolute atomic E-state index is 15.6. The molecular weight excluding hydrogens is 817 g/mol. The van der Waals surface area contributed by atoms with E-state index in [0.29, 0.717) is 11.6 Å². The molecule has 0 aromatic heterocycles. The van der Waals surface area contributed by atoms with Crippen molar-refractivity contribution >= 4 is 48.5 Å². The van der Waals surface area contributed by atoms with Crippen molar-refractivity contribution in [3.8, 4) is 5.75 Å². The quantitative estimate of drug-likeness (QED) is 0.0964. The van der Waals surface area contributed by atoms with E-state index in [1.807, 2.05) is 0 Å². The molecule has 1 fully saturated rings. The Hall–Kier alpha value is -3.85. The maximum atomic E-state index is 15.6. The van der Waals surface area contributed by atoms with E-state index in [-0.39, 0.29) is 28.4 Å². The third kappa shape index (κ3) is 11.3. The molecule has 0 unspecified atom stereocenters. The van der Waals surface area contributed by atoms with Gasteiger partial charge in [-0.05, 0) is 0 Å². The van der Waals surface area contributed by atoms with Gasteiger partial charge in [-0.25, -0.2) is 0 Å². The molecule has 13 nitrogen and oxygen atoms in total. The molecular formula is C32H42F4IN5O8S. The second-order valence-electron chi connectivity index (χ2n) is 13.2. The normalized spacial score (nSPS) is 15.1. The van der Waals surface area contributed by atoms with Crippen molar-refractivity contribution < 1.29 is 52.3 Å². The number of nitrogens with zero attached hydrogens (tertiary/aromatic N) is 5. The molecule has 0 atom stereocenters. The van der Waals surface area contributed by atoms with Crippen LogP contribution >= 0.6 is 20.2 Å². The number of alkyl halides is 3.